The number of aromatic nitrogens is 1. The quantitative estimate of drug-likeness (QED) is 0.589. The number of nitrogens with zero attached hydrogens (tertiary/aromatic N) is 1. The van der Waals surface area contributed by atoms with E-state index in [2.05, 4.69) is 40.0 Å². The zero-order chi connectivity index (χ0) is 14.1. The van der Waals surface area contributed by atoms with Gasteiger partial charge in [-0.3, -0.25) is 0 Å². The standard InChI is InChI=1S/C16H13BrClNO/c1-10-6-7-12(17)11(8-10)13(18)9-16-19-14-4-2-3-5-15(14)20-16/h2-8,13H,9H2,1H3. The summed E-state index contributed by atoms with van der Waals surface area (Å²) in [5.41, 5.74) is 3.92. The molecule has 1 heterocycles. The molecule has 1 unspecified atom stereocenters. The minimum atomic E-state index is -0.169. The monoisotopic (exact) mass is 349 g/mol. The third-order valence-electron chi connectivity index (χ3n) is 3.18. The molecule has 3 rings (SSSR count). The lowest BCUT2D eigenvalue weighted by Gasteiger charge is -2.10. The molecule has 0 aliphatic heterocycles. The summed E-state index contributed by atoms with van der Waals surface area (Å²) >= 11 is 10.1. The third-order valence-corrected chi connectivity index (χ3v) is 4.29. The van der Waals surface area contributed by atoms with Crippen LogP contribution < -0.4 is 0 Å². The molecule has 2 nitrogen and oxygen atoms in total. The van der Waals surface area contributed by atoms with E-state index in [1.54, 1.807) is 0 Å². The summed E-state index contributed by atoms with van der Waals surface area (Å²) in [5.74, 6) is 0.666. The van der Waals surface area contributed by atoms with Crippen LogP contribution in [0.2, 0.25) is 0 Å². The number of benzene rings is 2. The number of fused-ring (bicyclic) bond motifs is 1. The Morgan fingerprint density at radius 1 is 1.25 bits per heavy atom. The fraction of sp³-hybridized carbons (Fsp3) is 0.188. The fourth-order valence-electron chi connectivity index (χ4n) is 2.17. The number of rotatable bonds is 3. The van der Waals surface area contributed by atoms with Crippen molar-refractivity contribution >= 4 is 38.6 Å². The van der Waals surface area contributed by atoms with Crippen molar-refractivity contribution in [1.29, 1.82) is 0 Å². The average Bonchev–Trinajstić information content (AvgIpc) is 2.83. The largest absolute Gasteiger partial charge is 0.441 e. The van der Waals surface area contributed by atoms with Gasteiger partial charge < -0.3 is 4.42 Å². The highest BCUT2D eigenvalue weighted by atomic mass is 79.9. The van der Waals surface area contributed by atoms with Crippen molar-refractivity contribution in [1.82, 2.24) is 4.98 Å². The molecule has 20 heavy (non-hydrogen) atoms. The maximum absolute atomic E-state index is 6.52. The first-order valence-corrected chi connectivity index (χ1v) is 7.61. The summed E-state index contributed by atoms with van der Waals surface area (Å²) in [6.45, 7) is 2.05. The number of halogens is 2. The number of aryl methyl sites for hydroxylation is 1. The summed E-state index contributed by atoms with van der Waals surface area (Å²) < 4.78 is 6.73. The topological polar surface area (TPSA) is 26.0 Å². The van der Waals surface area contributed by atoms with Crippen LogP contribution in [0.15, 0.2) is 51.4 Å². The molecule has 0 aliphatic rings. The van der Waals surface area contributed by atoms with Gasteiger partial charge in [0.15, 0.2) is 11.5 Å². The molecule has 0 spiro atoms. The van der Waals surface area contributed by atoms with Crippen LogP contribution >= 0.6 is 27.5 Å². The van der Waals surface area contributed by atoms with E-state index in [9.17, 15) is 0 Å². The van der Waals surface area contributed by atoms with Gasteiger partial charge in [-0.05, 0) is 30.7 Å². The highest BCUT2D eigenvalue weighted by Gasteiger charge is 2.16. The molecule has 1 aromatic heterocycles. The molecule has 0 aliphatic carbocycles. The number of hydrogen-bond acceptors (Lipinski definition) is 2. The molecule has 1 atom stereocenters. The summed E-state index contributed by atoms with van der Waals surface area (Å²) in [5, 5.41) is -0.169. The Balaban J connectivity index is 1.88. The van der Waals surface area contributed by atoms with Crippen molar-refractivity contribution < 1.29 is 4.42 Å². The molecule has 0 bridgehead atoms. The van der Waals surface area contributed by atoms with Crippen molar-refractivity contribution in [2.24, 2.45) is 0 Å². The summed E-state index contributed by atoms with van der Waals surface area (Å²) in [4.78, 5) is 4.46. The zero-order valence-electron chi connectivity index (χ0n) is 10.9. The Labute approximate surface area is 130 Å². The van der Waals surface area contributed by atoms with Crippen LogP contribution in [-0.2, 0) is 6.42 Å². The molecule has 2 aromatic carbocycles. The maximum atomic E-state index is 6.52. The molecular weight excluding hydrogens is 338 g/mol. The maximum Gasteiger partial charge on any atom is 0.197 e. The number of para-hydroxylation sites is 2. The van der Waals surface area contributed by atoms with E-state index in [-0.39, 0.29) is 5.38 Å². The molecular formula is C16H13BrClNO. The Morgan fingerprint density at radius 2 is 2.05 bits per heavy atom. The van der Waals surface area contributed by atoms with E-state index in [1.807, 2.05) is 30.3 Å². The molecule has 0 saturated carbocycles. The van der Waals surface area contributed by atoms with Gasteiger partial charge in [0.1, 0.15) is 5.52 Å². The van der Waals surface area contributed by atoms with Crippen LogP contribution in [0.1, 0.15) is 22.4 Å². The molecule has 3 aromatic rings. The van der Waals surface area contributed by atoms with Gasteiger partial charge in [0.05, 0.1) is 5.38 Å². The minimum Gasteiger partial charge on any atom is -0.441 e. The first kappa shape index (κ1) is 13.7. The van der Waals surface area contributed by atoms with Crippen LogP contribution in [0.5, 0.6) is 0 Å². The van der Waals surface area contributed by atoms with E-state index in [0.717, 1.165) is 21.1 Å². The lowest BCUT2D eigenvalue weighted by atomic mass is 10.1. The Kier molecular flexibility index (Phi) is 3.81. The van der Waals surface area contributed by atoms with Crippen LogP contribution in [0, 0.1) is 6.92 Å². The van der Waals surface area contributed by atoms with Gasteiger partial charge in [0.25, 0.3) is 0 Å². The predicted molar refractivity (Wildman–Crippen MR) is 85.2 cm³/mol. The second-order valence-corrected chi connectivity index (χ2v) is 6.15. The number of oxazole rings is 1. The SMILES string of the molecule is Cc1ccc(Br)c(C(Cl)Cc2nc3ccccc3o2)c1. The highest BCUT2D eigenvalue weighted by molar-refractivity contribution is 9.10. The van der Waals surface area contributed by atoms with Gasteiger partial charge in [-0.25, -0.2) is 4.98 Å². The van der Waals surface area contributed by atoms with Gasteiger partial charge in [0.2, 0.25) is 0 Å². The Hall–Kier alpha value is -1.32. The predicted octanol–water partition coefficient (Wildman–Crippen LogP) is 5.42. The van der Waals surface area contributed by atoms with Gasteiger partial charge in [-0.15, -0.1) is 11.6 Å². The van der Waals surface area contributed by atoms with Crippen molar-refractivity contribution in [3.63, 3.8) is 0 Å². The van der Waals surface area contributed by atoms with E-state index in [0.29, 0.717) is 12.3 Å². The van der Waals surface area contributed by atoms with Crippen molar-refractivity contribution in [3.8, 4) is 0 Å². The Morgan fingerprint density at radius 3 is 2.85 bits per heavy atom. The van der Waals surface area contributed by atoms with Gasteiger partial charge in [-0.2, -0.15) is 0 Å². The summed E-state index contributed by atoms with van der Waals surface area (Å²) in [6.07, 6.45) is 0.568. The highest BCUT2D eigenvalue weighted by Crippen LogP contribution is 2.32. The van der Waals surface area contributed by atoms with Gasteiger partial charge in [0, 0.05) is 10.9 Å². The normalized spacial score (nSPS) is 12.8. The van der Waals surface area contributed by atoms with Crippen molar-refractivity contribution in [2.45, 2.75) is 18.7 Å². The number of hydrogen-bond donors (Lipinski definition) is 0. The summed E-state index contributed by atoms with van der Waals surface area (Å²) in [7, 11) is 0. The van der Waals surface area contributed by atoms with Gasteiger partial charge >= 0.3 is 0 Å². The second kappa shape index (κ2) is 5.58. The molecule has 0 amide bonds. The molecule has 0 radical (unpaired) electrons. The van der Waals surface area contributed by atoms with Crippen molar-refractivity contribution in [2.75, 3.05) is 0 Å². The number of alkyl halides is 1. The van der Waals surface area contributed by atoms with E-state index in [4.69, 9.17) is 16.0 Å². The van der Waals surface area contributed by atoms with Gasteiger partial charge in [-0.1, -0.05) is 45.8 Å². The first-order chi connectivity index (χ1) is 9.63. The fourth-order valence-corrected chi connectivity index (χ4v) is 3.14. The van der Waals surface area contributed by atoms with E-state index in [1.165, 1.54) is 5.56 Å². The molecule has 0 N–H and O–H groups in total. The first-order valence-electron chi connectivity index (χ1n) is 6.38. The smallest absolute Gasteiger partial charge is 0.197 e. The summed E-state index contributed by atoms with van der Waals surface area (Å²) in [6, 6.07) is 13.9. The Bertz CT molecular complexity index is 720. The molecule has 0 saturated heterocycles. The minimum absolute atomic E-state index is 0.169. The second-order valence-electron chi connectivity index (χ2n) is 4.77. The van der Waals surface area contributed by atoms with E-state index >= 15 is 0 Å². The van der Waals surface area contributed by atoms with Crippen LogP contribution in [0.4, 0.5) is 0 Å². The lowest BCUT2D eigenvalue weighted by Crippen LogP contribution is -1.98. The van der Waals surface area contributed by atoms with E-state index < -0.39 is 0 Å². The van der Waals surface area contributed by atoms with Crippen LogP contribution in [0.25, 0.3) is 11.1 Å². The van der Waals surface area contributed by atoms with Crippen molar-refractivity contribution in [3.05, 3.63) is 64.0 Å². The molecule has 0 fully saturated rings. The van der Waals surface area contributed by atoms with Crippen LogP contribution in [0.3, 0.4) is 0 Å². The zero-order valence-corrected chi connectivity index (χ0v) is 13.3. The van der Waals surface area contributed by atoms with Crippen LogP contribution in [-0.4, -0.2) is 4.98 Å². The third kappa shape index (κ3) is 2.74. The average molecular weight is 351 g/mol. The molecule has 102 valence electrons. The molecule has 4 heteroatoms. The lowest BCUT2D eigenvalue weighted by molar-refractivity contribution is 0.525.